The van der Waals surface area contributed by atoms with E-state index in [1.54, 1.807) is 31.4 Å². The van der Waals surface area contributed by atoms with Gasteiger partial charge in [0.2, 0.25) is 11.9 Å². The summed E-state index contributed by atoms with van der Waals surface area (Å²) in [5.41, 5.74) is 1.13. The standard InChI is InChI=1S/C18H22N8O2/c1-19-18-21-6-11-15(23-18)25-5-3-4-10(25)8-26(16(11)27)12-7-20-14-13(12)17(28)24(2)9-22-14/h6-7,9-10,13-14,20H,3-5,8H2,1-2H3,(H,19,21,23)/t10-,13?,14?/m0/s1. The zero-order valence-electron chi connectivity index (χ0n) is 15.8. The quantitative estimate of drug-likeness (QED) is 0.731. The molecule has 1 saturated heterocycles. The highest BCUT2D eigenvalue weighted by molar-refractivity contribution is 6.02. The first-order chi connectivity index (χ1) is 13.6. The lowest BCUT2D eigenvalue weighted by molar-refractivity contribution is -0.130. The van der Waals surface area contributed by atoms with Gasteiger partial charge in [-0.05, 0) is 12.8 Å². The molecule has 5 heterocycles. The summed E-state index contributed by atoms with van der Waals surface area (Å²) in [4.78, 5) is 44.9. The second-order valence-electron chi connectivity index (χ2n) is 7.46. The van der Waals surface area contributed by atoms with Crippen molar-refractivity contribution in [2.24, 2.45) is 10.9 Å². The molecule has 0 aliphatic carbocycles. The van der Waals surface area contributed by atoms with Gasteiger partial charge in [-0.25, -0.2) is 9.98 Å². The van der Waals surface area contributed by atoms with Gasteiger partial charge >= 0.3 is 0 Å². The average molecular weight is 382 g/mol. The average Bonchev–Trinajstić information content (AvgIpc) is 3.33. The molecule has 10 nitrogen and oxygen atoms in total. The van der Waals surface area contributed by atoms with Crippen molar-refractivity contribution in [3.8, 4) is 0 Å². The van der Waals surface area contributed by atoms with E-state index in [4.69, 9.17) is 0 Å². The monoisotopic (exact) mass is 382 g/mol. The number of nitrogens with zero attached hydrogens (tertiary/aromatic N) is 6. The minimum atomic E-state index is -0.507. The third kappa shape index (κ3) is 2.36. The molecular formula is C18H22N8O2. The lowest BCUT2D eigenvalue weighted by Gasteiger charge is -2.32. The zero-order chi connectivity index (χ0) is 19.4. The van der Waals surface area contributed by atoms with Gasteiger partial charge < -0.3 is 25.3 Å². The molecule has 2 unspecified atom stereocenters. The van der Waals surface area contributed by atoms with Gasteiger partial charge in [-0.1, -0.05) is 0 Å². The van der Waals surface area contributed by atoms with Gasteiger partial charge in [0.05, 0.1) is 12.0 Å². The summed E-state index contributed by atoms with van der Waals surface area (Å²) in [7, 11) is 3.44. The fourth-order valence-corrected chi connectivity index (χ4v) is 4.43. The summed E-state index contributed by atoms with van der Waals surface area (Å²) in [5, 5.41) is 6.09. The molecule has 1 fully saturated rings. The Labute approximate surface area is 162 Å². The van der Waals surface area contributed by atoms with Crippen molar-refractivity contribution in [3.05, 3.63) is 23.7 Å². The number of aliphatic imine (C=N–C) groups is 1. The van der Waals surface area contributed by atoms with Gasteiger partial charge in [-0.3, -0.25) is 9.59 Å². The number of aromatic nitrogens is 2. The van der Waals surface area contributed by atoms with Gasteiger partial charge in [0.25, 0.3) is 5.91 Å². The third-order valence-electron chi connectivity index (χ3n) is 5.87. The van der Waals surface area contributed by atoms with Gasteiger partial charge in [-0.15, -0.1) is 0 Å². The Morgan fingerprint density at radius 3 is 3.00 bits per heavy atom. The second kappa shape index (κ2) is 6.18. The number of hydrogen-bond acceptors (Lipinski definition) is 8. The van der Waals surface area contributed by atoms with Crippen LogP contribution >= 0.6 is 0 Å². The van der Waals surface area contributed by atoms with Crippen molar-refractivity contribution in [1.82, 2.24) is 25.1 Å². The van der Waals surface area contributed by atoms with E-state index < -0.39 is 5.92 Å². The Morgan fingerprint density at radius 2 is 2.18 bits per heavy atom. The van der Waals surface area contributed by atoms with Crippen LogP contribution in [0.15, 0.2) is 23.1 Å². The molecule has 28 heavy (non-hydrogen) atoms. The molecule has 2 amide bonds. The Bertz CT molecular complexity index is 913. The number of rotatable bonds is 2. The van der Waals surface area contributed by atoms with Crippen molar-refractivity contribution >= 4 is 29.9 Å². The molecule has 0 bridgehead atoms. The van der Waals surface area contributed by atoms with Crippen LogP contribution in [-0.2, 0) is 4.79 Å². The highest BCUT2D eigenvalue weighted by Crippen LogP contribution is 2.37. The maximum Gasteiger partial charge on any atom is 0.263 e. The predicted octanol–water partition coefficient (Wildman–Crippen LogP) is -0.170. The number of carbonyl (C=O) groups is 2. The number of amides is 2. The molecule has 1 aromatic rings. The van der Waals surface area contributed by atoms with E-state index in [1.165, 1.54) is 11.2 Å². The van der Waals surface area contributed by atoms with Crippen LogP contribution in [0.5, 0.6) is 0 Å². The van der Waals surface area contributed by atoms with Crippen LogP contribution in [0.25, 0.3) is 0 Å². The van der Waals surface area contributed by atoms with Crippen LogP contribution in [0.1, 0.15) is 23.2 Å². The van der Waals surface area contributed by atoms with Crippen molar-refractivity contribution < 1.29 is 9.59 Å². The van der Waals surface area contributed by atoms with Crippen LogP contribution in [-0.4, -0.2) is 77.3 Å². The van der Waals surface area contributed by atoms with Gasteiger partial charge in [0.1, 0.15) is 23.5 Å². The molecule has 146 valence electrons. The Kier molecular flexibility index (Phi) is 3.74. The molecule has 0 radical (unpaired) electrons. The molecular weight excluding hydrogens is 360 g/mol. The molecule has 1 aromatic heterocycles. The summed E-state index contributed by atoms with van der Waals surface area (Å²) < 4.78 is 0. The van der Waals surface area contributed by atoms with Crippen molar-refractivity contribution in [2.45, 2.75) is 25.0 Å². The maximum atomic E-state index is 13.5. The Morgan fingerprint density at radius 1 is 1.32 bits per heavy atom. The summed E-state index contributed by atoms with van der Waals surface area (Å²) in [6.07, 6.45) is 6.52. The smallest absolute Gasteiger partial charge is 0.263 e. The van der Waals surface area contributed by atoms with Gasteiger partial charge in [0, 0.05) is 45.6 Å². The van der Waals surface area contributed by atoms with E-state index >= 15 is 0 Å². The molecule has 0 saturated carbocycles. The van der Waals surface area contributed by atoms with E-state index in [0.29, 0.717) is 29.6 Å². The van der Waals surface area contributed by atoms with Crippen molar-refractivity contribution in [1.29, 1.82) is 0 Å². The minimum absolute atomic E-state index is 0.0708. The number of hydrogen-bond donors (Lipinski definition) is 2. The largest absolute Gasteiger partial charge is 0.367 e. The fourth-order valence-electron chi connectivity index (χ4n) is 4.43. The van der Waals surface area contributed by atoms with E-state index in [9.17, 15) is 9.59 Å². The van der Waals surface area contributed by atoms with E-state index in [1.807, 2.05) is 0 Å². The lowest BCUT2D eigenvalue weighted by Crippen LogP contribution is -2.48. The maximum absolute atomic E-state index is 13.5. The fraction of sp³-hybridized carbons (Fsp3) is 0.500. The van der Waals surface area contributed by atoms with Crippen LogP contribution < -0.4 is 15.5 Å². The van der Waals surface area contributed by atoms with Crippen LogP contribution in [0.3, 0.4) is 0 Å². The van der Waals surface area contributed by atoms with Gasteiger partial charge in [-0.2, -0.15) is 4.98 Å². The van der Waals surface area contributed by atoms with E-state index in [0.717, 1.165) is 19.4 Å². The first-order valence-corrected chi connectivity index (χ1v) is 9.48. The topological polar surface area (TPSA) is 106 Å². The highest BCUT2D eigenvalue weighted by Gasteiger charge is 2.46. The van der Waals surface area contributed by atoms with Crippen molar-refractivity contribution in [2.75, 3.05) is 37.4 Å². The predicted molar refractivity (Wildman–Crippen MR) is 103 cm³/mol. The number of fused-ring (bicyclic) bond motifs is 4. The summed E-state index contributed by atoms with van der Waals surface area (Å²) in [5.74, 6) is 0.408. The Hall–Kier alpha value is -3.17. The number of carbonyl (C=O) groups excluding carboxylic acids is 2. The van der Waals surface area contributed by atoms with Crippen LogP contribution in [0, 0.1) is 5.92 Å². The van der Waals surface area contributed by atoms with Crippen LogP contribution in [0.2, 0.25) is 0 Å². The normalized spacial score (nSPS) is 28.4. The highest BCUT2D eigenvalue weighted by atomic mass is 16.2. The first-order valence-electron chi connectivity index (χ1n) is 9.48. The molecule has 3 atom stereocenters. The van der Waals surface area contributed by atoms with E-state index in [2.05, 4.69) is 30.5 Å². The zero-order valence-corrected chi connectivity index (χ0v) is 15.8. The molecule has 0 aromatic carbocycles. The SMILES string of the molecule is CNc1ncc2c(n1)N1CCC[C@H]1CN(C1=CNC3N=CN(C)C(=O)C13)C2=O. The summed E-state index contributed by atoms with van der Waals surface area (Å²) in [6.45, 7) is 1.37. The van der Waals surface area contributed by atoms with E-state index in [-0.39, 0.29) is 24.0 Å². The summed E-state index contributed by atoms with van der Waals surface area (Å²) in [6, 6.07) is 0.157. The molecule has 0 spiro atoms. The molecule has 4 aliphatic heterocycles. The molecule has 4 aliphatic rings. The lowest BCUT2D eigenvalue weighted by atomic mass is 10.00. The number of nitrogens with one attached hydrogen (secondary N) is 2. The number of anilines is 2. The molecule has 2 N–H and O–H groups in total. The second-order valence-corrected chi connectivity index (χ2v) is 7.46. The first kappa shape index (κ1) is 17.0. The molecule has 5 rings (SSSR count). The van der Waals surface area contributed by atoms with Gasteiger partial charge in [0.15, 0.2) is 0 Å². The van der Waals surface area contributed by atoms with Crippen LogP contribution in [0.4, 0.5) is 11.8 Å². The van der Waals surface area contributed by atoms with Crippen molar-refractivity contribution in [3.63, 3.8) is 0 Å². The third-order valence-corrected chi connectivity index (χ3v) is 5.87. The minimum Gasteiger partial charge on any atom is -0.367 e. The summed E-state index contributed by atoms with van der Waals surface area (Å²) >= 11 is 0. The Balaban J connectivity index is 1.57. The molecule has 10 heteroatoms.